The highest BCUT2D eigenvalue weighted by atomic mass is 16.5. The number of allylic oxidation sites excluding steroid dienone is 6. The van der Waals surface area contributed by atoms with Crippen molar-refractivity contribution in [2.45, 2.75) is 25.7 Å². The van der Waals surface area contributed by atoms with E-state index in [9.17, 15) is 29.1 Å². The first-order valence-electron chi connectivity index (χ1n) is 11.2. The van der Waals surface area contributed by atoms with Gasteiger partial charge in [-0.2, -0.15) is 4.90 Å². The average Bonchev–Trinajstić information content (AvgIpc) is 3.11. The summed E-state index contributed by atoms with van der Waals surface area (Å²) in [5, 5.41) is 11.0. The van der Waals surface area contributed by atoms with Crippen molar-refractivity contribution in [2.75, 3.05) is 14.2 Å². The second-order valence-electron chi connectivity index (χ2n) is 9.11. The third kappa shape index (κ3) is 3.10. The average molecular weight is 477 g/mol. The highest BCUT2D eigenvalue weighted by molar-refractivity contribution is 6.24. The lowest BCUT2D eigenvalue weighted by Gasteiger charge is -2.42. The predicted octanol–water partition coefficient (Wildman–Crippen LogP) is 2.60. The fraction of sp³-hybridized carbons (Fsp3) is 0.346. The van der Waals surface area contributed by atoms with Crippen LogP contribution in [0.15, 0.2) is 52.6 Å². The van der Waals surface area contributed by atoms with Gasteiger partial charge in [-0.05, 0) is 37.8 Å². The van der Waals surface area contributed by atoms with Gasteiger partial charge < -0.3 is 14.6 Å². The molecule has 4 aliphatic rings. The van der Waals surface area contributed by atoms with Gasteiger partial charge in [0.15, 0.2) is 23.1 Å². The number of hydrogen-bond acceptors (Lipinski definition) is 8. The Labute approximate surface area is 200 Å². The Kier molecular flexibility index (Phi) is 5.23. The van der Waals surface area contributed by atoms with Gasteiger partial charge in [0, 0.05) is 28.2 Å². The lowest BCUT2D eigenvalue weighted by atomic mass is 9.59. The highest BCUT2D eigenvalue weighted by Gasteiger charge is 2.58. The number of likely N-dealkylation sites (tertiary alicyclic amines) is 1. The van der Waals surface area contributed by atoms with E-state index in [0.29, 0.717) is 16.0 Å². The van der Waals surface area contributed by atoms with Crippen molar-refractivity contribution in [3.63, 3.8) is 0 Å². The lowest BCUT2D eigenvalue weighted by molar-refractivity contribution is -0.137. The molecule has 1 heterocycles. The zero-order chi connectivity index (χ0) is 25.2. The molecule has 1 aromatic carbocycles. The number of ether oxygens (including phenoxy) is 2. The number of methoxy groups -OCH3 is 2. The summed E-state index contributed by atoms with van der Waals surface area (Å²) in [5.41, 5.74) is 1.83. The Morgan fingerprint density at radius 2 is 1.83 bits per heavy atom. The second-order valence-corrected chi connectivity index (χ2v) is 9.11. The predicted molar refractivity (Wildman–Crippen MR) is 120 cm³/mol. The molecule has 1 aliphatic heterocycles. The minimum absolute atomic E-state index is 0.0767. The van der Waals surface area contributed by atoms with Crippen molar-refractivity contribution in [3.05, 3.63) is 58.2 Å². The Morgan fingerprint density at radius 1 is 1.09 bits per heavy atom. The number of phenolic OH excluding ortho intramolecular Hbond substituents is 1. The normalized spacial score (nSPS) is 27.7. The van der Waals surface area contributed by atoms with Crippen LogP contribution >= 0.6 is 0 Å². The van der Waals surface area contributed by atoms with Gasteiger partial charge in [0.25, 0.3) is 0 Å². The molecule has 3 aliphatic carbocycles. The molecule has 1 N–H and O–H groups in total. The van der Waals surface area contributed by atoms with Crippen LogP contribution in [-0.2, 0) is 23.9 Å². The molecule has 9 heteroatoms. The van der Waals surface area contributed by atoms with Gasteiger partial charge in [-0.25, -0.2) is 4.79 Å². The molecule has 0 spiro atoms. The topological polar surface area (TPSA) is 127 Å². The van der Waals surface area contributed by atoms with Crippen LogP contribution in [0.1, 0.15) is 31.2 Å². The highest BCUT2D eigenvalue weighted by Crippen LogP contribution is 2.56. The number of fused-ring (bicyclic) bond motifs is 3. The molecule has 0 aromatic heterocycles. The van der Waals surface area contributed by atoms with Crippen LogP contribution in [-0.4, -0.2) is 53.7 Å². The summed E-state index contributed by atoms with van der Waals surface area (Å²) in [4.78, 5) is 65.4. The van der Waals surface area contributed by atoms with Gasteiger partial charge in [-0.15, -0.1) is 0 Å². The minimum atomic E-state index is -1.05. The zero-order valence-corrected chi connectivity index (χ0v) is 19.4. The SMILES string of the molecule is COC(=O)N1C(=O)C2CC=C3C(c4cccc(OC)c4O)C4=C(CC3C2C1=O)C(=O)C(C)=CC4=O. The van der Waals surface area contributed by atoms with Crippen molar-refractivity contribution in [1.82, 2.24) is 4.90 Å². The van der Waals surface area contributed by atoms with Crippen LogP contribution in [0.5, 0.6) is 11.5 Å². The van der Waals surface area contributed by atoms with E-state index in [1.165, 1.54) is 13.2 Å². The fourth-order valence-electron chi connectivity index (χ4n) is 5.95. The number of hydrogen-bond donors (Lipinski definition) is 1. The van der Waals surface area contributed by atoms with Crippen LogP contribution in [0.2, 0.25) is 0 Å². The van der Waals surface area contributed by atoms with E-state index in [4.69, 9.17) is 4.74 Å². The molecule has 0 bridgehead atoms. The van der Waals surface area contributed by atoms with Gasteiger partial charge in [0.1, 0.15) is 0 Å². The monoisotopic (exact) mass is 477 g/mol. The van der Waals surface area contributed by atoms with Crippen molar-refractivity contribution in [3.8, 4) is 11.5 Å². The van der Waals surface area contributed by atoms with Crippen LogP contribution in [0.25, 0.3) is 0 Å². The number of para-hydroxylation sites is 1. The molecule has 180 valence electrons. The number of phenols is 1. The van der Waals surface area contributed by atoms with Gasteiger partial charge in [-0.3, -0.25) is 19.2 Å². The van der Waals surface area contributed by atoms with Gasteiger partial charge >= 0.3 is 6.09 Å². The van der Waals surface area contributed by atoms with Crippen molar-refractivity contribution >= 4 is 29.5 Å². The number of ketones is 2. The van der Waals surface area contributed by atoms with Gasteiger partial charge in [-0.1, -0.05) is 23.8 Å². The third-order valence-electron chi connectivity index (χ3n) is 7.48. The third-order valence-corrected chi connectivity index (χ3v) is 7.48. The number of Topliss-reactive ketones (excluding diaryl/α,β-unsaturated/α-hetero) is 1. The summed E-state index contributed by atoms with van der Waals surface area (Å²) in [6.07, 6.45) is 2.30. The van der Waals surface area contributed by atoms with Gasteiger partial charge in [0.05, 0.1) is 26.1 Å². The maximum atomic E-state index is 13.3. The van der Waals surface area contributed by atoms with E-state index in [0.717, 1.165) is 7.11 Å². The molecule has 1 fully saturated rings. The van der Waals surface area contributed by atoms with E-state index in [1.807, 2.05) is 0 Å². The molecule has 35 heavy (non-hydrogen) atoms. The zero-order valence-electron chi connectivity index (χ0n) is 19.4. The second kappa shape index (κ2) is 8.04. The van der Waals surface area contributed by atoms with Crippen molar-refractivity contribution in [1.29, 1.82) is 0 Å². The quantitative estimate of drug-likeness (QED) is 0.391. The number of amides is 3. The summed E-state index contributed by atoms with van der Waals surface area (Å²) in [7, 11) is 2.50. The molecule has 5 rings (SSSR count). The number of aromatic hydroxyl groups is 1. The summed E-state index contributed by atoms with van der Waals surface area (Å²) in [6.45, 7) is 1.56. The van der Waals surface area contributed by atoms with E-state index < -0.39 is 41.6 Å². The molecular weight excluding hydrogens is 454 g/mol. The first-order chi connectivity index (χ1) is 16.7. The smallest absolute Gasteiger partial charge is 0.423 e. The largest absolute Gasteiger partial charge is 0.504 e. The molecule has 4 atom stereocenters. The number of carbonyl (C=O) groups is 5. The summed E-state index contributed by atoms with van der Waals surface area (Å²) >= 11 is 0. The van der Waals surface area contributed by atoms with Crippen LogP contribution in [0.3, 0.4) is 0 Å². The Bertz CT molecular complexity index is 1320. The van der Waals surface area contributed by atoms with Crippen LogP contribution in [0.4, 0.5) is 4.79 Å². The summed E-state index contributed by atoms with van der Waals surface area (Å²) < 4.78 is 9.91. The molecule has 1 aromatic rings. The number of nitrogens with zero attached hydrogens (tertiary/aromatic N) is 1. The number of imide groups is 3. The maximum absolute atomic E-state index is 13.3. The lowest BCUT2D eigenvalue weighted by Crippen LogP contribution is -2.40. The number of rotatable bonds is 2. The van der Waals surface area contributed by atoms with E-state index in [2.05, 4.69) is 4.74 Å². The van der Waals surface area contributed by atoms with Gasteiger partial charge in [0.2, 0.25) is 11.8 Å². The van der Waals surface area contributed by atoms with E-state index >= 15 is 0 Å². The first-order valence-corrected chi connectivity index (χ1v) is 11.2. The van der Waals surface area contributed by atoms with Crippen LogP contribution in [0, 0.1) is 17.8 Å². The fourth-order valence-corrected chi connectivity index (χ4v) is 5.95. The summed E-state index contributed by atoms with van der Waals surface area (Å²) in [5.74, 6) is -5.02. The molecule has 4 unspecified atom stereocenters. The molecular formula is C26H23NO8. The molecule has 3 amide bonds. The number of carbonyl (C=O) groups excluding carboxylic acids is 5. The minimum Gasteiger partial charge on any atom is -0.504 e. The maximum Gasteiger partial charge on any atom is 0.423 e. The number of benzene rings is 1. The van der Waals surface area contributed by atoms with E-state index in [1.54, 1.807) is 31.2 Å². The molecule has 9 nitrogen and oxygen atoms in total. The standard InChI is InChI=1S/C26H23NO8/c1-11-9-17(28)21-16(22(11)29)10-15-12(19(21)13-5-4-6-18(34-2)23(13)30)7-8-14-20(15)25(32)27(24(14)31)26(33)35-3/h4-7,9,14-15,19-20,30H,8,10H2,1-3H3. The molecule has 0 radical (unpaired) electrons. The Hall–Kier alpha value is -4.01. The molecule has 0 saturated carbocycles. The van der Waals surface area contributed by atoms with Crippen molar-refractivity contribution < 1.29 is 38.6 Å². The Balaban J connectivity index is 1.71. The first kappa shape index (κ1) is 22.8. The molecule has 1 saturated heterocycles. The van der Waals surface area contributed by atoms with Crippen LogP contribution < -0.4 is 4.74 Å². The Morgan fingerprint density at radius 3 is 2.51 bits per heavy atom. The summed E-state index contributed by atoms with van der Waals surface area (Å²) in [6, 6.07) is 4.89. The van der Waals surface area contributed by atoms with Crippen molar-refractivity contribution in [2.24, 2.45) is 17.8 Å². The van der Waals surface area contributed by atoms with E-state index in [-0.39, 0.29) is 52.6 Å².